The van der Waals surface area contributed by atoms with Crippen molar-refractivity contribution in [2.45, 2.75) is 42.7 Å². The number of aryl methyl sites for hydroxylation is 1. The highest BCUT2D eigenvalue weighted by Gasteiger charge is 2.36. The van der Waals surface area contributed by atoms with Crippen LogP contribution in [0.3, 0.4) is 0 Å². The number of alkyl halides is 3. The number of aromatic nitrogens is 3. The van der Waals surface area contributed by atoms with Gasteiger partial charge in [-0.05, 0) is 32.9 Å². The van der Waals surface area contributed by atoms with E-state index >= 15 is 0 Å². The SMILES string of the molecule is Cc1nc2sc(C(C)(C)O)nn2c1-c1ccc(C(F)(F)F)c(SC2CN(CCO)C2)c1. The Bertz CT molecular complexity index is 1100. The number of fused-ring (bicyclic) bond motifs is 1. The van der Waals surface area contributed by atoms with E-state index in [-0.39, 0.29) is 16.8 Å². The van der Waals surface area contributed by atoms with E-state index < -0.39 is 17.3 Å². The summed E-state index contributed by atoms with van der Waals surface area (Å²) < 4.78 is 42.5. The molecule has 3 aromatic rings. The Kier molecular flexibility index (Phi) is 5.84. The molecule has 4 rings (SSSR count). The van der Waals surface area contributed by atoms with E-state index in [0.717, 1.165) is 6.07 Å². The third kappa shape index (κ3) is 4.47. The van der Waals surface area contributed by atoms with Crippen molar-refractivity contribution in [3.05, 3.63) is 34.5 Å². The second kappa shape index (κ2) is 8.04. The number of thioether (sulfide) groups is 1. The Morgan fingerprint density at radius 3 is 2.58 bits per heavy atom. The summed E-state index contributed by atoms with van der Waals surface area (Å²) in [5.74, 6) is 0. The van der Waals surface area contributed by atoms with Gasteiger partial charge in [-0.15, -0.1) is 11.8 Å². The lowest BCUT2D eigenvalue weighted by molar-refractivity contribution is -0.139. The predicted molar refractivity (Wildman–Crippen MR) is 114 cm³/mol. The smallest absolute Gasteiger partial charge is 0.395 e. The molecule has 2 N–H and O–H groups in total. The highest BCUT2D eigenvalue weighted by Crippen LogP contribution is 2.42. The van der Waals surface area contributed by atoms with Crippen LogP contribution in [-0.4, -0.2) is 61.2 Å². The highest BCUT2D eigenvalue weighted by atomic mass is 32.2. The van der Waals surface area contributed by atoms with Crippen molar-refractivity contribution in [2.75, 3.05) is 26.2 Å². The first-order valence-corrected chi connectivity index (χ1v) is 11.5. The molecule has 0 atom stereocenters. The molecular weight excluding hydrogens is 449 g/mol. The molecule has 31 heavy (non-hydrogen) atoms. The lowest BCUT2D eigenvalue weighted by Crippen LogP contribution is -2.49. The number of benzene rings is 1. The molecule has 6 nitrogen and oxygen atoms in total. The summed E-state index contributed by atoms with van der Waals surface area (Å²) in [6, 6.07) is 4.12. The number of rotatable bonds is 6. The van der Waals surface area contributed by atoms with Gasteiger partial charge >= 0.3 is 6.18 Å². The molecule has 0 amide bonds. The molecule has 11 heteroatoms. The Labute approximate surface area is 185 Å². The minimum Gasteiger partial charge on any atom is -0.395 e. The number of halogens is 3. The maximum Gasteiger partial charge on any atom is 0.417 e. The van der Waals surface area contributed by atoms with Gasteiger partial charge < -0.3 is 10.2 Å². The fraction of sp³-hybridized carbons (Fsp3) is 0.500. The van der Waals surface area contributed by atoms with Gasteiger partial charge in [0.15, 0.2) is 0 Å². The molecule has 0 aliphatic carbocycles. The van der Waals surface area contributed by atoms with Crippen molar-refractivity contribution in [2.24, 2.45) is 0 Å². The van der Waals surface area contributed by atoms with E-state index in [1.807, 2.05) is 4.90 Å². The van der Waals surface area contributed by atoms with Gasteiger partial charge in [0, 0.05) is 35.3 Å². The monoisotopic (exact) mass is 472 g/mol. The van der Waals surface area contributed by atoms with Crippen molar-refractivity contribution < 1.29 is 23.4 Å². The predicted octanol–water partition coefficient (Wildman–Crippen LogP) is 3.78. The third-order valence-corrected chi connectivity index (χ3v) is 7.54. The maximum atomic E-state index is 13.6. The van der Waals surface area contributed by atoms with Crippen LogP contribution in [0.2, 0.25) is 0 Å². The van der Waals surface area contributed by atoms with Crippen LogP contribution in [0.15, 0.2) is 23.1 Å². The first kappa shape index (κ1) is 22.5. The molecule has 1 fully saturated rings. The first-order valence-electron chi connectivity index (χ1n) is 9.78. The quantitative estimate of drug-likeness (QED) is 0.569. The molecule has 2 aromatic heterocycles. The van der Waals surface area contributed by atoms with E-state index in [0.29, 0.717) is 46.6 Å². The van der Waals surface area contributed by atoms with E-state index in [4.69, 9.17) is 5.11 Å². The van der Waals surface area contributed by atoms with E-state index in [2.05, 4.69) is 10.1 Å². The van der Waals surface area contributed by atoms with Crippen molar-refractivity contribution >= 4 is 28.1 Å². The first-order chi connectivity index (χ1) is 14.5. The number of hydrogen-bond donors (Lipinski definition) is 2. The number of aliphatic hydroxyl groups excluding tert-OH is 1. The van der Waals surface area contributed by atoms with Gasteiger partial charge in [0.05, 0.1) is 23.6 Å². The van der Waals surface area contributed by atoms with Crippen molar-refractivity contribution in [3.63, 3.8) is 0 Å². The van der Waals surface area contributed by atoms with Gasteiger partial charge in [0.1, 0.15) is 10.6 Å². The number of β-amino-alcohol motifs (C(OH)–C–C–N with tert-alkyl or cyclic N) is 1. The Hall–Kier alpha value is -1.66. The van der Waals surface area contributed by atoms with E-state index in [1.165, 1.54) is 29.2 Å². The van der Waals surface area contributed by atoms with Crippen molar-refractivity contribution in [3.8, 4) is 11.3 Å². The standard InChI is InChI=1S/C20H23F3N4O2S2/c1-11-16(27-18(24-11)31-17(25-27)19(2,3)29)12-4-5-14(20(21,22)23)15(8-12)30-13-9-26(10-13)6-7-28/h4-5,8,13,28-29H,6-7,9-10H2,1-3H3. The Balaban J connectivity index is 1.72. The number of imidazole rings is 1. The molecule has 0 spiro atoms. The molecular formula is C20H23F3N4O2S2. The van der Waals surface area contributed by atoms with Gasteiger partial charge in [-0.2, -0.15) is 18.3 Å². The lowest BCUT2D eigenvalue weighted by Gasteiger charge is -2.38. The summed E-state index contributed by atoms with van der Waals surface area (Å²) in [7, 11) is 0. The zero-order chi connectivity index (χ0) is 22.6. The van der Waals surface area contributed by atoms with Crippen LogP contribution < -0.4 is 0 Å². The average molecular weight is 473 g/mol. The minimum atomic E-state index is -4.45. The fourth-order valence-electron chi connectivity index (χ4n) is 3.53. The highest BCUT2D eigenvalue weighted by molar-refractivity contribution is 8.00. The van der Waals surface area contributed by atoms with Crippen LogP contribution in [0, 0.1) is 6.92 Å². The molecule has 1 saturated heterocycles. The van der Waals surface area contributed by atoms with Crippen molar-refractivity contribution in [1.82, 2.24) is 19.5 Å². The van der Waals surface area contributed by atoms with Gasteiger partial charge in [-0.3, -0.25) is 4.90 Å². The summed E-state index contributed by atoms with van der Waals surface area (Å²) in [5.41, 5.74) is 0.0836. The van der Waals surface area contributed by atoms with Crippen LogP contribution >= 0.6 is 23.1 Å². The summed E-state index contributed by atoms with van der Waals surface area (Å²) in [5, 5.41) is 24.3. The minimum absolute atomic E-state index is 0.0375. The zero-order valence-electron chi connectivity index (χ0n) is 17.3. The van der Waals surface area contributed by atoms with Crippen LogP contribution in [0.4, 0.5) is 13.2 Å². The second-order valence-electron chi connectivity index (χ2n) is 8.14. The molecule has 0 bridgehead atoms. The maximum absolute atomic E-state index is 13.6. The summed E-state index contributed by atoms with van der Waals surface area (Å²) in [4.78, 5) is 7.25. The van der Waals surface area contributed by atoms with E-state index in [1.54, 1.807) is 31.4 Å². The van der Waals surface area contributed by atoms with Gasteiger partial charge in [0.2, 0.25) is 4.96 Å². The molecule has 0 saturated carbocycles. The van der Waals surface area contributed by atoms with Crippen LogP contribution in [-0.2, 0) is 11.8 Å². The van der Waals surface area contributed by atoms with Gasteiger partial charge in [-0.25, -0.2) is 9.50 Å². The third-order valence-electron chi connectivity index (χ3n) is 5.10. The van der Waals surface area contributed by atoms with Gasteiger partial charge in [0.25, 0.3) is 0 Å². The lowest BCUT2D eigenvalue weighted by atomic mass is 10.1. The molecule has 1 aliphatic heterocycles. The number of likely N-dealkylation sites (tertiary alicyclic amines) is 1. The molecule has 0 unspecified atom stereocenters. The Morgan fingerprint density at radius 1 is 1.26 bits per heavy atom. The normalized spacial score (nSPS) is 16.3. The zero-order valence-corrected chi connectivity index (χ0v) is 18.9. The largest absolute Gasteiger partial charge is 0.417 e. The van der Waals surface area contributed by atoms with Gasteiger partial charge in [-0.1, -0.05) is 17.4 Å². The summed E-state index contributed by atoms with van der Waals surface area (Å²) >= 11 is 2.47. The fourth-order valence-corrected chi connectivity index (χ4v) is 5.91. The number of nitrogens with zero attached hydrogens (tertiary/aromatic N) is 4. The number of hydrogen-bond acceptors (Lipinski definition) is 7. The topological polar surface area (TPSA) is 73.9 Å². The molecule has 0 radical (unpaired) electrons. The van der Waals surface area contributed by atoms with Crippen LogP contribution in [0.1, 0.15) is 30.1 Å². The second-order valence-corrected chi connectivity index (χ2v) is 10.4. The van der Waals surface area contributed by atoms with Crippen molar-refractivity contribution in [1.29, 1.82) is 0 Å². The molecule has 1 aliphatic rings. The number of aliphatic hydroxyl groups is 2. The molecule has 3 heterocycles. The Morgan fingerprint density at radius 2 is 1.97 bits per heavy atom. The molecule has 1 aromatic carbocycles. The van der Waals surface area contributed by atoms with Crippen LogP contribution in [0.25, 0.3) is 16.2 Å². The van der Waals surface area contributed by atoms with E-state index in [9.17, 15) is 18.3 Å². The molecule has 168 valence electrons. The summed E-state index contributed by atoms with van der Waals surface area (Å²) in [6.45, 7) is 6.91. The van der Waals surface area contributed by atoms with Crippen LogP contribution in [0.5, 0.6) is 0 Å². The summed E-state index contributed by atoms with van der Waals surface area (Å²) in [6.07, 6.45) is -4.45. The average Bonchev–Trinajstić information content (AvgIpc) is 3.15.